The zero-order chi connectivity index (χ0) is 21.3. The minimum atomic E-state index is -0.553. The molecule has 1 aromatic carbocycles. The molecule has 0 aliphatic carbocycles. The normalized spacial score (nSPS) is 22.2. The van der Waals surface area contributed by atoms with Crippen LogP contribution in [0.1, 0.15) is 32.4 Å². The number of rotatable bonds is 5. The first-order chi connectivity index (χ1) is 14.4. The predicted octanol–water partition coefficient (Wildman–Crippen LogP) is 3.33. The molecule has 6 nitrogen and oxygen atoms in total. The first-order valence-electron chi connectivity index (χ1n) is 10.5. The maximum atomic E-state index is 14.5. The number of thiazole rings is 1. The molecule has 1 unspecified atom stereocenters. The lowest BCUT2D eigenvalue weighted by Gasteiger charge is -2.50. The molecule has 2 fully saturated rings. The molecular formula is C22H29FN4O2S. The van der Waals surface area contributed by atoms with E-state index in [1.165, 1.54) is 17.4 Å². The fraction of sp³-hybridized carbons (Fsp3) is 0.545. The quantitative estimate of drug-likeness (QED) is 0.785. The van der Waals surface area contributed by atoms with E-state index in [0.29, 0.717) is 17.4 Å². The van der Waals surface area contributed by atoms with E-state index in [0.717, 1.165) is 44.6 Å². The van der Waals surface area contributed by atoms with Crippen LogP contribution in [0.4, 0.5) is 15.2 Å². The number of hydrogen-bond donors (Lipinski definition) is 1. The molecule has 2 aromatic rings. The third kappa shape index (κ3) is 4.36. The second-order valence-electron chi connectivity index (χ2n) is 8.61. The van der Waals surface area contributed by atoms with Gasteiger partial charge in [0, 0.05) is 31.4 Å². The van der Waals surface area contributed by atoms with Gasteiger partial charge in [0.05, 0.1) is 23.5 Å². The summed E-state index contributed by atoms with van der Waals surface area (Å²) in [6, 6.07) is 6.50. The van der Waals surface area contributed by atoms with E-state index < -0.39 is 11.7 Å². The summed E-state index contributed by atoms with van der Waals surface area (Å²) in [5, 5.41) is 2.62. The number of likely N-dealkylation sites (tertiary alicyclic amines) is 1. The number of anilines is 2. The van der Waals surface area contributed by atoms with Gasteiger partial charge in [0.25, 0.3) is 5.91 Å². The van der Waals surface area contributed by atoms with Crippen molar-refractivity contribution in [2.24, 2.45) is 5.92 Å². The second-order valence-corrected chi connectivity index (χ2v) is 9.50. The van der Waals surface area contributed by atoms with Gasteiger partial charge in [-0.15, -0.1) is 11.3 Å². The molecule has 2 N–H and O–H groups in total. The lowest BCUT2D eigenvalue weighted by atomic mass is 9.86. The molecule has 0 saturated carbocycles. The molecule has 2 saturated heterocycles. The predicted molar refractivity (Wildman–Crippen MR) is 117 cm³/mol. The molecule has 3 heterocycles. The maximum Gasteiger partial charge on any atom is 0.256 e. The Kier molecular flexibility index (Phi) is 6.09. The number of carbonyl (C=O) groups excluding carboxylic acids is 1. The van der Waals surface area contributed by atoms with Gasteiger partial charge in [-0.3, -0.25) is 4.79 Å². The van der Waals surface area contributed by atoms with Crippen LogP contribution in [0.25, 0.3) is 0 Å². The minimum absolute atomic E-state index is 0.0251. The number of nitrogens with two attached hydrogens (primary N) is 1. The standard InChI is InChI=1S/C22H29FN4O2S/c1-15(2)19-20(28)27(18-6-4-3-5-17(18)23)14-22(29-19)8-11-26(12-9-22)10-7-16-13-30-21(24)25-16/h3-6,13,15,19H,7-12,14H2,1-2H3,(H2,24,25). The lowest BCUT2D eigenvalue weighted by molar-refractivity contribution is -0.171. The topological polar surface area (TPSA) is 71.7 Å². The van der Waals surface area contributed by atoms with Gasteiger partial charge < -0.3 is 20.3 Å². The number of amides is 1. The molecule has 8 heteroatoms. The van der Waals surface area contributed by atoms with Crippen molar-refractivity contribution >= 4 is 28.1 Å². The Labute approximate surface area is 180 Å². The van der Waals surface area contributed by atoms with Crippen molar-refractivity contribution in [1.82, 2.24) is 9.88 Å². The molecular weight excluding hydrogens is 403 g/mol. The van der Waals surface area contributed by atoms with Crippen LogP contribution in [0.5, 0.6) is 0 Å². The third-order valence-electron chi connectivity index (χ3n) is 6.10. The number of piperidine rings is 1. The van der Waals surface area contributed by atoms with Crippen molar-refractivity contribution < 1.29 is 13.9 Å². The van der Waals surface area contributed by atoms with Gasteiger partial charge in [-0.05, 0) is 30.9 Å². The molecule has 1 spiro atoms. The molecule has 0 bridgehead atoms. The van der Waals surface area contributed by atoms with E-state index in [1.54, 1.807) is 23.1 Å². The van der Waals surface area contributed by atoms with E-state index in [-0.39, 0.29) is 17.6 Å². The number of aromatic nitrogens is 1. The van der Waals surface area contributed by atoms with Crippen molar-refractivity contribution in [3.63, 3.8) is 0 Å². The van der Waals surface area contributed by atoms with Crippen molar-refractivity contribution in [2.75, 3.05) is 36.8 Å². The first kappa shape index (κ1) is 21.2. The lowest BCUT2D eigenvalue weighted by Crippen LogP contribution is -2.63. The molecule has 162 valence electrons. The number of nitrogens with zero attached hydrogens (tertiary/aromatic N) is 3. The Hall–Kier alpha value is -2.03. The van der Waals surface area contributed by atoms with Crippen LogP contribution in [0.3, 0.4) is 0 Å². The fourth-order valence-corrected chi connectivity index (χ4v) is 4.94. The van der Waals surface area contributed by atoms with E-state index in [2.05, 4.69) is 9.88 Å². The smallest absolute Gasteiger partial charge is 0.256 e. The Morgan fingerprint density at radius 2 is 2.07 bits per heavy atom. The summed E-state index contributed by atoms with van der Waals surface area (Å²) in [4.78, 5) is 21.4. The Morgan fingerprint density at radius 3 is 2.70 bits per heavy atom. The van der Waals surface area contributed by atoms with Crippen molar-refractivity contribution in [3.8, 4) is 0 Å². The number of ether oxygens (including phenoxy) is 1. The second kappa shape index (κ2) is 8.61. The highest BCUT2D eigenvalue weighted by Crippen LogP contribution is 2.37. The third-order valence-corrected chi connectivity index (χ3v) is 6.83. The largest absolute Gasteiger partial charge is 0.375 e. The summed E-state index contributed by atoms with van der Waals surface area (Å²) in [6.07, 6.45) is 1.94. The molecule has 4 rings (SSSR count). The van der Waals surface area contributed by atoms with Crippen LogP contribution >= 0.6 is 11.3 Å². The number of carbonyl (C=O) groups is 1. The van der Waals surface area contributed by atoms with Crippen LogP contribution in [0, 0.1) is 11.7 Å². The van der Waals surface area contributed by atoms with E-state index in [9.17, 15) is 9.18 Å². The van der Waals surface area contributed by atoms with Gasteiger partial charge in [-0.2, -0.15) is 0 Å². The van der Waals surface area contributed by atoms with Gasteiger partial charge in [-0.25, -0.2) is 9.37 Å². The SMILES string of the molecule is CC(C)C1OC2(CCN(CCc3csc(N)n3)CC2)CN(c2ccccc2F)C1=O. The van der Waals surface area contributed by atoms with Gasteiger partial charge in [-0.1, -0.05) is 26.0 Å². The Bertz CT molecular complexity index is 895. The minimum Gasteiger partial charge on any atom is -0.375 e. The molecule has 1 aromatic heterocycles. The molecule has 1 amide bonds. The average molecular weight is 433 g/mol. The summed E-state index contributed by atoms with van der Waals surface area (Å²) in [7, 11) is 0. The van der Waals surface area contributed by atoms with Crippen molar-refractivity contribution in [2.45, 2.75) is 44.8 Å². The van der Waals surface area contributed by atoms with Gasteiger partial charge >= 0.3 is 0 Å². The highest BCUT2D eigenvalue weighted by Gasteiger charge is 2.48. The summed E-state index contributed by atoms with van der Waals surface area (Å²) in [6.45, 7) is 7.04. The number of nitrogen functional groups attached to an aromatic ring is 1. The average Bonchev–Trinajstić information content (AvgIpc) is 3.15. The summed E-state index contributed by atoms with van der Waals surface area (Å²) in [5.41, 5.74) is 6.66. The highest BCUT2D eigenvalue weighted by molar-refractivity contribution is 7.13. The van der Waals surface area contributed by atoms with E-state index in [4.69, 9.17) is 10.5 Å². The number of morpholine rings is 1. The highest BCUT2D eigenvalue weighted by atomic mass is 32.1. The molecule has 2 aliphatic heterocycles. The van der Waals surface area contributed by atoms with E-state index in [1.807, 2.05) is 19.2 Å². The number of hydrogen-bond acceptors (Lipinski definition) is 6. The van der Waals surface area contributed by atoms with E-state index >= 15 is 0 Å². The Balaban J connectivity index is 1.46. The number of para-hydroxylation sites is 1. The van der Waals surface area contributed by atoms with Gasteiger partial charge in [0.1, 0.15) is 11.9 Å². The van der Waals surface area contributed by atoms with Crippen molar-refractivity contribution in [3.05, 3.63) is 41.2 Å². The summed E-state index contributed by atoms with van der Waals surface area (Å²) >= 11 is 1.47. The van der Waals surface area contributed by atoms with Gasteiger partial charge in [0.2, 0.25) is 0 Å². The van der Waals surface area contributed by atoms with Crippen LogP contribution in [0.15, 0.2) is 29.6 Å². The molecule has 30 heavy (non-hydrogen) atoms. The first-order valence-corrected chi connectivity index (χ1v) is 11.4. The van der Waals surface area contributed by atoms with Crippen LogP contribution < -0.4 is 10.6 Å². The van der Waals surface area contributed by atoms with Crippen molar-refractivity contribution in [1.29, 1.82) is 0 Å². The van der Waals surface area contributed by atoms with Gasteiger partial charge in [0.15, 0.2) is 5.13 Å². The fourth-order valence-electron chi connectivity index (χ4n) is 4.34. The zero-order valence-electron chi connectivity index (χ0n) is 17.5. The summed E-state index contributed by atoms with van der Waals surface area (Å²) in [5.74, 6) is -0.494. The molecule has 2 aliphatic rings. The maximum absolute atomic E-state index is 14.5. The van der Waals surface area contributed by atoms with Crippen LogP contribution in [0.2, 0.25) is 0 Å². The monoisotopic (exact) mass is 432 g/mol. The molecule has 0 radical (unpaired) electrons. The number of halogens is 1. The number of benzene rings is 1. The summed E-state index contributed by atoms with van der Waals surface area (Å²) < 4.78 is 20.9. The molecule has 1 atom stereocenters. The van der Waals surface area contributed by atoms with Crippen LogP contribution in [-0.4, -0.2) is 53.7 Å². The van der Waals surface area contributed by atoms with Crippen LogP contribution in [-0.2, 0) is 16.0 Å². The Morgan fingerprint density at radius 1 is 1.33 bits per heavy atom. The zero-order valence-corrected chi connectivity index (χ0v) is 18.3.